The fraction of sp³-hybridized carbons (Fsp3) is 1.00. The predicted octanol–water partition coefficient (Wildman–Crippen LogP) is 3.08. The number of nitrogens with two attached hydrogens (primary N) is 3. The molecule has 3 saturated carbocycles. The summed E-state index contributed by atoms with van der Waals surface area (Å²) in [7, 11) is -11.0. The number of hydrogen-bond donors (Lipinski definition) is 6. The second-order valence-electron chi connectivity index (χ2n) is 11.0. The molecule has 15 heteroatoms. The minimum atomic E-state index is -3.67. The van der Waals surface area contributed by atoms with Crippen LogP contribution in [-0.4, -0.2) is 75.8 Å². The number of rotatable bonds is 0. The first-order valence-corrected chi connectivity index (χ1v) is 19.0. The van der Waals surface area contributed by atoms with Crippen LogP contribution in [-0.2, 0) is 30.4 Å². The second-order valence-corrected chi connectivity index (χ2v) is 15.4. The van der Waals surface area contributed by atoms with Gasteiger partial charge in [0.15, 0.2) is 0 Å². The van der Waals surface area contributed by atoms with Crippen LogP contribution >= 0.6 is 0 Å². The van der Waals surface area contributed by atoms with Crippen LogP contribution in [0.5, 0.6) is 0 Å². The molecule has 0 spiro atoms. The van der Waals surface area contributed by atoms with Gasteiger partial charge in [0.1, 0.15) is 0 Å². The standard InChI is InChI=1S/3C7H15N.3CH4O3S/c3*1-6-4-2-3-5-7(6)8;3*1-5(2,3)4/h3*6-7H,2-5,8H2,1H3;3*1H3,(H,2,3,4). The molecular weight excluding hydrogens is 570 g/mol. The van der Waals surface area contributed by atoms with Crippen LogP contribution in [0.3, 0.4) is 0 Å². The molecule has 12 nitrogen and oxygen atoms in total. The summed E-state index contributed by atoms with van der Waals surface area (Å²) in [5.74, 6) is 2.34. The van der Waals surface area contributed by atoms with E-state index >= 15 is 0 Å². The molecule has 0 aromatic heterocycles. The van der Waals surface area contributed by atoms with Gasteiger partial charge in [-0.1, -0.05) is 59.3 Å². The Kier molecular flexibility index (Phi) is 24.6. The Morgan fingerprint density at radius 2 is 0.564 bits per heavy atom. The average Bonchev–Trinajstić information content (AvgIpc) is 2.72. The SMILES string of the molecule is CC1CCCCC1N.CC1CCCCC1N.CC1CCCCC1N.CS(=O)(=O)O.CS(=O)(=O)O.CS(=O)(=O)O. The van der Waals surface area contributed by atoms with Crippen molar-refractivity contribution in [2.45, 2.75) is 116 Å². The highest BCUT2D eigenvalue weighted by Crippen LogP contribution is 2.22. The van der Waals surface area contributed by atoms with Gasteiger partial charge >= 0.3 is 0 Å². The maximum atomic E-state index is 9.19. The van der Waals surface area contributed by atoms with Crippen molar-refractivity contribution in [3.8, 4) is 0 Å². The van der Waals surface area contributed by atoms with Gasteiger partial charge in [0.25, 0.3) is 30.4 Å². The molecule has 39 heavy (non-hydrogen) atoms. The third-order valence-corrected chi connectivity index (χ3v) is 6.53. The highest BCUT2D eigenvalue weighted by Gasteiger charge is 2.17. The summed E-state index contributed by atoms with van der Waals surface area (Å²) in [5.41, 5.74) is 17.3. The molecule has 0 heterocycles. The molecule has 0 aliphatic heterocycles. The van der Waals surface area contributed by atoms with Crippen molar-refractivity contribution in [2.75, 3.05) is 18.8 Å². The zero-order chi connectivity index (χ0) is 31.4. The van der Waals surface area contributed by atoms with Crippen molar-refractivity contribution in [1.82, 2.24) is 0 Å². The molecule has 0 aromatic carbocycles. The molecule has 3 aliphatic rings. The highest BCUT2D eigenvalue weighted by atomic mass is 32.2. The molecule has 0 radical (unpaired) electrons. The lowest BCUT2D eigenvalue weighted by molar-refractivity contribution is 0.331. The summed E-state index contributed by atoms with van der Waals surface area (Å²) in [6, 6.07) is 1.51. The lowest BCUT2D eigenvalue weighted by atomic mass is 9.87. The van der Waals surface area contributed by atoms with Crippen LogP contribution in [0.15, 0.2) is 0 Å². The van der Waals surface area contributed by atoms with Crippen molar-refractivity contribution in [1.29, 1.82) is 0 Å². The third kappa shape index (κ3) is 44.8. The smallest absolute Gasteiger partial charge is 0.261 e. The van der Waals surface area contributed by atoms with Gasteiger partial charge in [-0.3, -0.25) is 13.7 Å². The van der Waals surface area contributed by atoms with Gasteiger partial charge in [-0.25, -0.2) is 0 Å². The Morgan fingerprint density at radius 3 is 0.641 bits per heavy atom. The Labute approximate surface area is 238 Å². The molecule has 0 amide bonds. The molecule has 6 atom stereocenters. The minimum absolute atomic E-state index is 0.503. The molecule has 3 rings (SSSR count). The van der Waals surface area contributed by atoms with Crippen molar-refractivity contribution in [3.63, 3.8) is 0 Å². The maximum absolute atomic E-state index is 9.19. The topological polar surface area (TPSA) is 241 Å². The monoisotopic (exact) mass is 627 g/mol. The highest BCUT2D eigenvalue weighted by molar-refractivity contribution is 7.85. The maximum Gasteiger partial charge on any atom is 0.261 e. The normalized spacial score (nSPS) is 28.9. The van der Waals surface area contributed by atoms with E-state index in [-0.39, 0.29) is 0 Å². The lowest BCUT2D eigenvalue weighted by Crippen LogP contribution is -2.30. The average molecular weight is 628 g/mol. The van der Waals surface area contributed by atoms with E-state index in [0.29, 0.717) is 36.9 Å². The molecule has 6 unspecified atom stereocenters. The van der Waals surface area contributed by atoms with E-state index in [0.717, 1.165) is 17.8 Å². The Hall–Kier alpha value is -0.390. The lowest BCUT2D eigenvalue weighted by Gasteiger charge is -2.24. The fourth-order valence-electron chi connectivity index (χ4n) is 4.03. The van der Waals surface area contributed by atoms with E-state index in [1.807, 2.05) is 0 Å². The summed E-state index contributed by atoms with van der Waals surface area (Å²) in [4.78, 5) is 0. The molecule has 0 aromatic rings. The quantitative estimate of drug-likeness (QED) is 0.212. The minimum Gasteiger partial charge on any atom is -0.327 e. The zero-order valence-corrected chi connectivity index (χ0v) is 27.1. The van der Waals surface area contributed by atoms with E-state index in [1.165, 1.54) is 77.0 Å². The summed E-state index contributed by atoms with van der Waals surface area (Å²) < 4.78 is 77.6. The van der Waals surface area contributed by atoms with Gasteiger partial charge in [-0.2, -0.15) is 25.3 Å². The molecular formula is C24H57N3O9S3. The molecule has 240 valence electrons. The Morgan fingerprint density at radius 1 is 0.436 bits per heavy atom. The van der Waals surface area contributed by atoms with Crippen LogP contribution in [0, 0.1) is 17.8 Å². The van der Waals surface area contributed by atoms with Crippen LogP contribution in [0.1, 0.15) is 97.8 Å². The predicted molar refractivity (Wildman–Crippen MR) is 159 cm³/mol. The zero-order valence-electron chi connectivity index (χ0n) is 24.7. The van der Waals surface area contributed by atoms with Crippen LogP contribution in [0.4, 0.5) is 0 Å². The van der Waals surface area contributed by atoms with Gasteiger partial charge in [0.2, 0.25) is 0 Å². The first kappa shape index (κ1) is 43.1. The van der Waals surface area contributed by atoms with Gasteiger partial charge in [-0.05, 0) is 56.3 Å². The van der Waals surface area contributed by atoms with Crippen LogP contribution < -0.4 is 17.2 Å². The van der Waals surface area contributed by atoms with Gasteiger partial charge in [0, 0.05) is 18.1 Å². The van der Waals surface area contributed by atoms with Gasteiger partial charge < -0.3 is 17.2 Å². The van der Waals surface area contributed by atoms with E-state index in [4.69, 9.17) is 30.9 Å². The van der Waals surface area contributed by atoms with Gasteiger partial charge in [-0.15, -0.1) is 0 Å². The van der Waals surface area contributed by atoms with E-state index < -0.39 is 30.4 Å². The largest absolute Gasteiger partial charge is 0.327 e. The number of hydrogen-bond acceptors (Lipinski definition) is 9. The molecule has 9 N–H and O–H groups in total. The van der Waals surface area contributed by atoms with E-state index in [1.54, 1.807) is 0 Å². The first-order chi connectivity index (χ1) is 17.4. The van der Waals surface area contributed by atoms with Crippen molar-refractivity contribution < 1.29 is 38.9 Å². The molecule has 0 saturated heterocycles. The van der Waals surface area contributed by atoms with Crippen molar-refractivity contribution >= 4 is 30.4 Å². The van der Waals surface area contributed by atoms with Crippen molar-refractivity contribution in [3.05, 3.63) is 0 Å². The fourth-order valence-corrected chi connectivity index (χ4v) is 4.03. The second kappa shape index (κ2) is 22.2. The van der Waals surface area contributed by atoms with Gasteiger partial charge in [0.05, 0.1) is 18.8 Å². The van der Waals surface area contributed by atoms with Crippen molar-refractivity contribution in [2.24, 2.45) is 35.0 Å². The summed E-state index contributed by atoms with van der Waals surface area (Å²) in [5, 5.41) is 0. The first-order valence-electron chi connectivity index (χ1n) is 13.5. The van der Waals surface area contributed by atoms with Crippen LogP contribution in [0.2, 0.25) is 0 Å². The molecule has 3 fully saturated rings. The summed E-state index contributed by atoms with van der Waals surface area (Å²) in [6.45, 7) is 6.76. The van der Waals surface area contributed by atoms with Crippen LogP contribution in [0.25, 0.3) is 0 Å². The van der Waals surface area contributed by atoms with E-state index in [9.17, 15) is 25.3 Å². The molecule has 0 bridgehead atoms. The Bertz CT molecular complexity index is 742. The third-order valence-electron chi connectivity index (χ3n) is 6.53. The summed E-state index contributed by atoms with van der Waals surface area (Å²) in [6.07, 6.45) is 18.2. The molecule has 3 aliphatic carbocycles. The summed E-state index contributed by atoms with van der Waals surface area (Å²) >= 11 is 0. The Balaban J connectivity index is -0.000000406. The van der Waals surface area contributed by atoms with E-state index in [2.05, 4.69) is 20.8 Å².